The maximum absolute atomic E-state index is 12.3. The highest BCUT2D eigenvalue weighted by atomic mass is 35.5. The van der Waals surface area contributed by atoms with Gasteiger partial charge in [-0.3, -0.25) is 20.4 Å². The topological polar surface area (TPSA) is 85.9 Å². The highest BCUT2D eigenvalue weighted by molar-refractivity contribution is 6.32. The average molecular weight is 421 g/mol. The molecule has 0 spiro atoms. The molecular weight excluding hydrogens is 396 g/mol. The SMILES string of the molecule is COc1cc(C(=O)NNC(=O)COc2ccccc2Cl)ccc1OCCC(C)C. The van der Waals surface area contributed by atoms with Crippen molar-refractivity contribution in [1.29, 1.82) is 0 Å². The Morgan fingerprint density at radius 1 is 1.00 bits per heavy atom. The number of ether oxygens (including phenoxy) is 3. The van der Waals surface area contributed by atoms with Crippen LogP contribution in [0.4, 0.5) is 0 Å². The highest BCUT2D eigenvalue weighted by Crippen LogP contribution is 2.28. The summed E-state index contributed by atoms with van der Waals surface area (Å²) in [6, 6.07) is 11.6. The molecule has 0 aromatic heterocycles. The summed E-state index contributed by atoms with van der Waals surface area (Å²) in [7, 11) is 1.50. The van der Waals surface area contributed by atoms with Gasteiger partial charge in [-0.1, -0.05) is 37.6 Å². The smallest absolute Gasteiger partial charge is 0.276 e. The molecule has 0 fully saturated rings. The normalized spacial score (nSPS) is 10.4. The van der Waals surface area contributed by atoms with E-state index in [0.29, 0.717) is 40.4 Å². The fraction of sp³-hybridized carbons (Fsp3) is 0.333. The zero-order valence-corrected chi connectivity index (χ0v) is 17.4. The Hall–Kier alpha value is -2.93. The minimum Gasteiger partial charge on any atom is -0.493 e. The molecule has 2 aromatic rings. The minimum atomic E-state index is -0.529. The number of benzene rings is 2. The summed E-state index contributed by atoms with van der Waals surface area (Å²) in [5, 5.41) is 0.395. The van der Waals surface area contributed by atoms with E-state index in [9.17, 15) is 9.59 Å². The highest BCUT2D eigenvalue weighted by Gasteiger charge is 2.13. The lowest BCUT2D eigenvalue weighted by Crippen LogP contribution is -2.43. The summed E-state index contributed by atoms with van der Waals surface area (Å²) in [6.07, 6.45) is 0.910. The Labute approximate surface area is 175 Å². The van der Waals surface area contributed by atoms with Gasteiger partial charge >= 0.3 is 0 Å². The molecule has 7 nitrogen and oxygen atoms in total. The van der Waals surface area contributed by atoms with Crippen molar-refractivity contribution in [3.8, 4) is 17.2 Å². The summed E-state index contributed by atoms with van der Waals surface area (Å²) in [4.78, 5) is 24.2. The van der Waals surface area contributed by atoms with Gasteiger partial charge in [0.05, 0.1) is 18.7 Å². The zero-order chi connectivity index (χ0) is 21.2. The molecule has 0 saturated carbocycles. The van der Waals surface area contributed by atoms with Crippen LogP contribution in [0.3, 0.4) is 0 Å². The van der Waals surface area contributed by atoms with Crippen LogP contribution in [0.15, 0.2) is 42.5 Å². The lowest BCUT2D eigenvalue weighted by molar-refractivity contribution is -0.123. The molecule has 156 valence electrons. The summed E-state index contributed by atoms with van der Waals surface area (Å²) < 4.78 is 16.3. The first-order valence-corrected chi connectivity index (χ1v) is 9.56. The molecule has 8 heteroatoms. The van der Waals surface area contributed by atoms with Gasteiger partial charge in [-0.2, -0.15) is 0 Å². The zero-order valence-electron chi connectivity index (χ0n) is 16.7. The monoisotopic (exact) mass is 420 g/mol. The van der Waals surface area contributed by atoms with Gasteiger partial charge in [0.15, 0.2) is 18.1 Å². The Bertz CT molecular complexity index is 842. The lowest BCUT2D eigenvalue weighted by Gasteiger charge is -2.13. The van der Waals surface area contributed by atoms with Crippen LogP contribution in [-0.2, 0) is 4.79 Å². The van der Waals surface area contributed by atoms with Gasteiger partial charge in [0.1, 0.15) is 5.75 Å². The van der Waals surface area contributed by atoms with Crippen molar-refractivity contribution < 1.29 is 23.8 Å². The number of hydrazine groups is 1. The van der Waals surface area contributed by atoms with Crippen LogP contribution in [-0.4, -0.2) is 32.1 Å². The van der Waals surface area contributed by atoms with Gasteiger partial charge in [-0.15, -0.1) is 0 Å². The number of methoxy groups -OCH3 is 1. The number of carbonyl (C=O) groups excluding carboxylic acids is 2. The molecule has 0 atom stereocenters. The van der Waals surface area contributed by atoms with Crippen LogP contribution >= 0.6 is 11.6 Å². The summed E-state index contributed by atoms with van der Waals surface area (Å²) in [6.45, 7) is 4.49. The van der Waals surface area contributed by atoms with Crippen LogP contribution in [0, 0.1) is 5.92 Å². The van der Waals surface area contributed by atoms with Crippen molar-refractivity contribution in [3.63, 3.8) is 0 Å². The van der Waals surface area contributed by atoms with Crippen molar-refractivity contribution in [2.75, 3.05) is 20.3 Å². The Balaban J connectivity index is 1.86. The largest absolute Gasteiger partial charge is 0.493 e. The van der Waals surface area contributed by atoms with E-state index in [1.165, 1.54) is 7.11 Å². The van der Waals surface area contributed by atoms with Gasteiger partial charge in [-0.25, -0.2) is 0 Å². The van der Waals surface area contributed by atoms with Gasteiger partial charge in [0.25, 0.3) is 11.8 Å². The number of para-hydroxylation sites is 1. The van der Waals surface area contributed by atoms with Crippen molar-refractivity contribution in [1.82, 2.24) is 10.9 Å². The molecule has 2 aromatic carbocycles. The van der Waals surface area contributed by atoms with E-state index in [0.717, 1.165) is 6.42 Å². The van der Waals surface area contributed by atoms with Crippen molar-refractivity contribution >= 4 is 23.4 Å². The quantitative estimate of drug-likeness (QED) is 0.605. The first kappa shape index (κ1) is 22.4. The first-order valence-electron chi connectivity index (χ1n) is 9.18. The molecule has 0 saturated heterocycles. The van der Waals surface area contributed by atoms with Crippen LogP contribution < -0.4 is 25.1 Å². The third-order valence-corrected chi connectivity index (χ3v) is 4.20. The van der Waals surface area contributed by atoms with E-state index in [-0.39, 0.29) is 6.61 Å². The third-order valence-electron chi connectivity index (χ3n) is 3.89. The molecule has 0 radical (unpaired) electrons. The number of hydrogen-bond donors (Lipinski definition) is 2. The van der Waals surface area contributed by atoms with E-state index < -0.39 is 11.8 Å². The van der Waals surface area contributed by atoms with E-state index in [4.69, 9.17) is 25.8 Å². The number of hydrogen-bond acceptors (Lipinski definition) is 5. The van der Waals surface area contributed by atoms with Crippen LogP contribution in [0.5, 0.6) is 17.2 Å². The molecule has 2 rings (SSSR count). The number of carbonyl (C=O) groups is 2. The number of rotatable bonds is 9. The fourth-order valence-electron chi connectivity index (χ4n) is 2.27. The molecule has 0 aliphatic rings. The average Bonchev–Trinajstić information content (AvgIpc) is 2.71. The number of halogens is 1. The van der Waals surface area contributed by atoms with E-state index in [2.05, 4.69) is 24.7 Å². The number of nitrogens with one attached hydrogen (secondary N) is 2. The maximum Gasteiger partial charge on any atom is 0.276 e. The van der Waals surface area contributed by atoms with E-state index in [1.54, 1.807) is 42.5 Å². The maximum atomic E-state index is 12.3. The molecule has 0 heterocycles. The van der Waals surface area contributed by atoms with Gasteiger partial charge in [0.2, 0.25) is 0 Å². The van der Waals surface area contributed by atoms with Crippen LogP contribution in [0.2, 0.25) is 5.02 Å². The summed E-state index contributed by atoms with van der Waals surface area (Å²) in [5.74, 6) is 0.878. The summed E-state index contributed by atoms with van der Waals surface area (Å²) >= 11 is 5.96. The fourth-order valence-corrected chi connectivity index (χ4v) is 2.46. The van der Waals surface area contributed by atoms with Crippen molar-refractivity contribution in [2.24, 2.45) is 5.92 Å². The molecular formula is C21H25ClN2O5. The Morgan fingerprint density at radius 2 is 1.76 bits per heavy atom. The number of amides is 2. The predicted molar refractivity (Wildman–Crippen MR) is 110 cm³/mol. The van der Waals surface area contributed by atoms with E-state index >= 15 is 0 Å². The van der Waals surface area contributed by atoms with Crippen molar-refractivity contribution in [3.05, 3.63) is 53.1 Å². The van der Waals surface area contributed by atoms with Gasteiger partial charge in [0, 0.05) is 5.56 Å². The second-order valence-corrected chi connectivity index (χ2v) is 7.03. The molecule has 2 N–H and O–H groups in total. The van der Waals surface area contributed by atoms with Crippen LogP contribution in [0.1, 0.15) is 30.6 Å². The predicted octanol–water partition coefficient (Wildman–Crippen LogP) is 3.61. The Morgan fingerprint density at radius 3 is 2.45 bits per heavy atom. The minimum absolute atomic E-state index is 0.296. The molecule has 0 unspecified atom stereocenters. The standard InChI is InChI=1S/C21H25ClN2O5/c1-14(2)10-11-28-18-9-8-15(12-19(18)27-3)21(26)24-23-20(25)13-29-17-7-5-4-6-16(17)22/h4-9,12,14H,10-11,13H2,1-3H3,(H,23,25)(H,24,26). The van der Waals surface area contributed by atoms with Crippen LogP contribution in [0.25, 0.3) is 0 Å². The Kier molecular flexibility index (Phi) is 8.61. The third kappa shape index (κ3) is 7.19. The molecule has 0 aliphatic heterocycles. The molecule has 29 heavy (non-hydrogen) atoms. The lowest BCUT2D eigenvalue weighted by atomic mass is 10.1. The van der Waals surface area contributed by atoms with E-state index in [1.807, 2.05) is 0 Å². The summed E-state index contributed by atoms with van der Waals surface area (Å²) in [5.41, 5.74) is 4.93. The molecule has 0 aliphatic carbocycles. The molecule has 0 bridgehead atoms. The first-order chi connectivity index (χ1) is 13.9. The van der Waals surface area contributed by atoms with Gasteiger partial charge in [-0.05, 0) is 42.7 Å². The van der Waals surface area contributed by atoms with Gasteiger partial charge < -0.3 is 14.2 Å². The second kappa shape index (κ2) is 11.2. The molecule has 2 amide bonds. The van der Waals surface area contributed by atoms with Crippen molar-refractivity contribution in [2.45, 2.75) is 20.3 Å². The second-order valence-electron chi connectivity index (χ2n) is 6.62.